The number of hydrogen-bond acceptors (Lipinski definition) is 2. The van der Waals surface area contributed by atoms with Gasteiger partial charge < -0.3 is 0 Å². The number of aryl methyl sites for hydroxylation is 1. The second kappa shape index (κ2) is 7.42. The molecule has 0 spiro atoms. The predicted molar refractivity (Wildman–Crippen MR) is 110 cm³/mol. The van der Waals surface area contributed by atoms with Gasteiger partial charge in [0.25, 0.3) is 5.56 Å². The lowest BCUT2D eigenvalue weighted by molar-refractivity contribution is 0.631. The highest BCUT2D eigenvalue weighted by Gasteiger charge is 2.18. The fraction of sp³-hybridized carbons (Fsp3) is 0.0833. The Morgan fingerprint density at radius 1 is 0.704 bits per heavy atom. The average Bonchev–Trinajstić information content (AvgIpc) is 2.72. The molecule has 3 heteroatoms. The maximum Gasteiger partial charge on any atom is 0.275 e. The first-order valence-corrected chi connectivity index (χ1v) is 9.00. The highest BCUT2D eigenvalue weighted by Crippen LogP contribution is 2.31. The lowest BCUT2D eigenvalue weighted by Crippen LogP contribution is -2.27. The molecule has 0 fully saturated rings. The molecule has 0 aliphatic carbocycles. The van der Waals surface area contributed by atoms with Crippen molar-refractivity contribution in [2.45, 2.75) is 13.5 Å². The summed E-state index contributed by atoms with van der Waals surface area (Å²) in [7, 11) is 0. The van der Waals surface area contributed by atoms with E-state index < -0.39 is 0 Å². The molecule has 4 aromatic rings. The lowest BCUT2D eigenvalue weighted by Gasteiger charge is -2.16. The second-order valence-corrected chi connectivity index (χ2v) is 6.52. The summed E-state index contributed by atoms with van der Waals surface area (Å²) in [5, 5.41) is 4.63. The van der Waals surface area contributed by atoms with E-state index in [1.54, 1.807) is 4.68 Å². The van der Waals surface area contributed by atoms with Gasteiger partial charge in [-0.15, -0.1) is 0 Å². The molecule has 0 saturated heterocycles. The Morgan fingerprint density at radius 2 is 1.19 bits per heavy atom. The minimum Gasteiger partial charge on any atom is -0.267 e. The van der Waals surface area contributed by atoms with Crippen LogP contribution in [0.5, 0.6) is 0 Å². The van der Waals surface area contributed by atoms with E-state index in [1.807, 2.05) is 97.9 Å². The van der Waals surface area contributed by atoms with Gasteiger partial charge in [-0.25, -0.2) is 4.68 Å². The van der Waals surface area contributed by atoms with Gasteiger partial charge in [0.15, 0.2) is 0 Å². The summed E-state index contributed by atoms with van der Waals surface area (Å²) >= 11 is 0. The van der Waals surface area contributed by atoms with Gasteiger partial charge in [-0.1, -0.05) is 91.0 Å². The molecule has 4 rings (SSSR count). The van der Waals surface area contributed by atoms with Crippen LogP contribution in [-0.4, -0.2) is 9.78 Å². The minimum absolute atomic E-state index is 0.0745. The van der Waals surface area contributed by atoms with Crippen LogP contribution in [0.25, 0.3) is 22.3 Å². The molecule has 0 saturated carbocycles. The topological polar surface area (TPSA) is 34.9 Å². The van der Waals surface area contributed by atoms with Gasteiger partial charge in [-0.05, 0) is 23.6 Å². The number of hydrogen-bond donors (Lipinski definition) is 0. The van der Waals surface area contributed by atoms with Gasteiger partial charge in [0, 0.05) is 5.56 Å². The monoisotopic (exact) mass is 352 g/mol. The zero-order valence-corrected chi connectivity index (χ0v) is 15.2. The molecule has 3 nitrogen and oxygen atoms in total. The van der Waals surface area contributed by atoms with E-state index in [4.69, 9.17) is 0 Å². The van der Waals surface area contributed by atoms with Gasteiger partial charge in [-0.3, -0.25) is 4.79 Å². The Kier molecular flexibility index (Phi) is 4.67. The molecule has 0 N–H and O–H groups in total. The summed E-state index contributed by atoms with van der Waals surface area (Å²) in [4.78, 5) is 13.4. The second-order valence-electron chi connectivity index (χ2n) is 6.52. The van der Waals surface area contributed by atoms with Gasteiger partial charge >= 0.3 is 0 Å². The maximum absolute atomic E-state index is 13.4. The molecule has 3 aromatic carbocycles. The first-order chi connectivity index (χ1) is 13.2. The summed E-state index contributed by atoms with van der Waals surface area (Å²) in [6.07, 6.45) is 0. The first-order valence-electron chi connectivity index (χ1n) is 9.00. The van der Waals surface area contributed by atoms with Crippen LogP contribution in [0.2, 0.25) is 0 Å². The van der Waals surface area contributed by atoms with Crippen LogP contribution in [0.4, 0.5) is 0 Å². The lowest BCUT2D eigenvalue weighted by atomic mass is 9.95. The third-order valence-corrected chi connectivity index (χ3v) is 4.63. The van der Waals surface area contributed by atoms with Crippen LogP contribution in [0, 0.1) is 6.92 Å². The third kappa shape index (κ3) is 3.44. The standard InChI is InChI=1S/C24H20N2O/c1-18-22(20-13-7-3-8-14-20)23(21-15-9-4-10-16-21)24(27)26(25-18)17-19-11-5-2-6-12-19/h2-16H,17H2,1H3. The van der Waals surface area contributed by atoms with Crippen LogP contribution in [0.3, 0.4) is 0 Å². The number of aromatic nitrogens is 2. The van der Waals surface area contributed by atoms with Gasteiger partial charge in [0.05, 0.1) is 17.8 Å². The van der Waals surface area contributed by atoms with Gasteiger partial charge in [0.1, 0.15) is 0 Å². The maximum atomic E-state index is 13.4. The smallest absolute Gasteiger partial charge is 0.267 e. The molecule has 0 radical (unpaired) electrons. The molecule has 0 aliphatic rings. The van der Waals surface area contributed by atoms with Crippen molar-refractivity contribution in [1.82, 2.24) is 9.78 Å². The fourth-order valence-electron chi connectivity index (χ4n) is 3.39. The summed E-state index contributed by atoms with van der Waals surface area (Å²) in [6.45, 7) is 2.42. The van der Waals surface area contributed by atoms with E-state index in [9.17, 15) is 4.79 Å². The zero-order chi connectivity index (χ0) is 18.6. The van der Waals surface area contributed by atoms with Gasteiger partial charge in [0.2, 0.25) is 0 Å². The van der Waals surface area contributed by atoms with Crippen LogP contribution >= 0.6 is 0 Å². The van der Waals surface area contributed by atoms with Crippen molar-refractivity contribution in [1.29, 1.82) is 0 Å². The molecule has 0 unspecified atom stereocenters. The predicted octanol–water partition coefficient (Wildman–Crippen LogP) is 4.93. The van der Waals surface area contributed by atoms with E-state index >= 15 is 0 Å². The average molecular weight is 352 g/mol. The zero-order valence-electron chi connectivity index (χ0n) is 15.2. The highest BCUT2D eigenvalue weighted by molar-refractivity contribution is 5.84. The largest absolute Gasteiger partial charge is 0.275 e. The highest BCUT2D eigenvalue weighted by atomic mass is 16.1. The fourth-order valence-corrected chi connectivity index (χ4v) is 3.39. The Balaban J connectivity index is 1.96. The Morgan fingerprint density at radius 3 is 1.74 bits per heavy atom. The molecule has 0 aliphatic heterocycles. The molecule has 0 amide bonds. The van der Waals surface area contributed by atoms with E-state index in [0.29, 0.717) is 12.1 Å². The van der Waals surface area contributed by atoms with Crippen LogP contribution in [-0.2, 0) is 6.54 Å². The molecule has 0 atom stereocenters. The molecule has 132 valence electrons. The van der Waals surface area contributed by atoms with E-state index in [2.05, 4.69) is 5.10 Å². The van der Waals surface area contributed by atoms with Crippen molar-refractivity contribution in [2.24, 2.45) is 0 Å². The quantitative estimate of drug-likeness (QED) is 0.522. The summed E-state index contributed by atoms with van der Waals surface area (Å²) in [6, 6.07) is 29.8. The molecular weight excluding hydrogens is 332 g/mol. The first kappa shape index (κ1) is 17.0. The van der Waals surface area contributed by atoms with Crippen LogP contribution in [0.1, 0.15) is 11.3 Å². The number of benzene rings is 3. The van der Waals surface area contributed by atoms with Crippen LogP contribution in [0.15, 0.2) is 95.8 Å². The molecule has 27 heavy (non-hydrogen) atoms. The van der Waals surface area contributed by atoms with Crippen LogP contribution < -0.4 is 5.56 Å². The Hall–Kier alpha value is -3.46. The Labute approximate surface area is 158 Å². The SMILES string of the molecule is Cc1nn(Cc2ccccc2)c(=O)c(-c2ccccc2)c1-c1ccccc1. The van der Waals surface area contributed by atoms with Crippen molar-refractivity contribution in [3.05, 3.63) is 113 Å². The van der Waals surface area contributed by atoms with Crippen molar-refractivity contribution >= 4 is 0 Å². The molecule has 0 bridgehead atoms. The van der Waals surface area contributed by atoms with Crippen molar-refractivity contribution in [2.75, 3.05) is 0 Å². The normalized spacial score (nSPS) is 10.7. The Bertz CT molecular complexity index is 1100. The molecule has 1 heterocycles. The van der Waals surface area contributed by atoms with Crippen molar-refractivity contribution in [3.63, 3.8) is 0 Å². The van der Waals surface area contributed by atoms with E-state index in [0.717, 1.165) is 27.9 Å². The number of nitrogens with zero attached hydrogens (tertiary/aromatic N) is 2. The summed E-state index contributed by atoms with van der Waals surface area (Å²) < 4.78 is 1.57. The van der Waals surface area contributed by atoms with Crippen molar-refractivity contribution in [3.8, 4) is 22.3 Å². The van der Waals surface area contributed by atoms with E-state index in [-0.39, 0.29) is 5.56 Å². The van der Waals surface area contributed by atoms with E-state index in [1.165, 1.54) is 0 Å². The van der Waals surface area contributed by atoms with Gasteiger partial charge in [-0.2, -0.15) is 5.10 Å². The van der Waals surface area contributed by atoms with Crippen molar-refractivity contribution < 1.29 is 0 Å². The summed E-state index contributed by atoms with van der Waals surface area (Å²) in [5.74, 6) is 0. The molecule has 1 aromatic heterocycles. The minimum atomic E-state index is -0.0745. The summed E-state index contributed by atoms with van der Waals surface area (Å²) in [5.41, 5.74) is 5.34. The number of rotatable bonds is 4. The molecular formula is C24H20N2O. The third-order valence-electron chi connectivity index (χ3n) is 4.63.